The minimum absolute atomic E-state index is 0.902. The molecule has 0 aromatic carbocycles. The van der Waals surface area contributed by atoms with E-state index in [2.05, 4.69) is 22.4 Å². The number of aromatic nitrogens is 2. The van der Waals surface area contributed by atoms with Crippen molar-refractivity contribution < 1.29 is 4.42 Å². The molecule has 0 unspecified atom stereocenters. The van der Waals surface area contributed by atoms with E-state index in [0.29, 0.717) is 0 Å². The van der Waals surface area contributed by atoms with Crippen LogP contribution in [-0.2, 0) is 6.42 Å². The van der Waals surface area contributed by atoms with Crippen molar-refractivity contribution in [3.8, 4) is 10.6 Å². The molecule has 0 atom stereocenters. The summed E-state index contributed by atoms with van der Waals surface area (Å²) in [6.07, 6.45) is 2.66. The van der Waals surface area contributed by atoms with Crippen LogP contribution < -0.4 is 5.32 Å². The van der Waals surface area contributed by atoms with E-state index in [0.717, 1.165) is 40.8 Å². The first kappa shape index (κ1) is 11.3. The molecule has 5 heteroatoms. The second-order valence-electron chi connectivity index (χ2n) is 3.55. The molecule has 2 aromatic heterocycles. The minimum atomic E-state index is 0.902. The standard InChI is InChI=1S/C11H15N3OS/c1-3-12-5-4-10-13-14-11(16-10)9-6-8(2)15-7-9/h6-7,12H,3-5H2,1-2H3. The first-order valence-electron chi connectivity index (χ1n) is 5.38. The topological polar surface area (TPSA) is 51.0 Å². The van der Waals surface area contributed by atoms with E-state index in [-0.39, 0.29) is 0 Å². The Morgan fingerprint density at radius 1 is 1.44 bits per heavy atom. The summed E-state index contributed by atoms with van der Waals surface area (Å²) in [5, 5.41) is 13.6. The molecule has 0 saturated heterocycles. The Bertz CT molecular complexity index is 450. The van der Waals surface area contributed by atoms with E-state index in [1.54, 1.807) is 17.6 Å². The van der Waals surface area contributed by atoms with Crippen LogP contribution in [0, 0.1) is 6.92 Å². The van der Waals surface area contributed by atoms with E-state index >= 15 is 0 Å². The molecule has 2 rings (SSSR count). The van der Waals surface area contributed by atoms with E-state index in [4.69, 9.17) is 4.42 Å². The molecule has 0 amide bonds. The molecule has 0 aliphatic rings. The van der Waals surface area contributed by atoms with Crippen LogP contribution in [0.3, 0.4) is 0 Å². The lowest BCUT2D eigenvalue weighted by atomic mass is 10.3. The molecule has 1 N–H and O–H groups in total. The number of rotatable bonds is 5. The number of aryl methyl sites for hydroxylation is 1. The Morgan fingerprint density at radius 3 is 3.00 bits per heavy atom. The van der Waals surface area contributed by atoms with E-state index in [9.17, 15) is 0 Å². The summed E-state index contributed by atoms with van der Waals surface area (Å²) in [6.45, 7) is 5.97. The van der Waals surface area contributed by atoms with E-state index < -0.39 is 0 Å². The second kappa shape index (κ2) is 5.23. The molecular weight excluding hydrogens is 222 g/mol. The highest BCUT2D eigenvalue weighted by molar-refractivity contribution is 7.14. The third-order valence-electron chi connectivity index (χ3n) is 2.21. The number of hydrogen-bond donors (Lipinski definition) is 1. The molecule has 0 fully saturated rings. The fraction of sp³-hybridized carbons (Fsp3) is 0.455. The second-order valence-corrected chi connectivity index (χ2v) is 4.61. The molecule has 0 saturated carbocycles. The van der Waals surface area contributed by atoms with Gasteiger partial charge < -0.3 is 9.73 Å². The van der Waals surface area contributed by atoms with Gasteiger partial charge in [-0.3, -0.25) is 0 Å². The Kier molecular flexibility index (Phi) is 3.69. The monoisotopic (exact) mass is 237 g/mol. The summed E-state index contributed by atoms with van der Waals surface area (Å²) in [4.78, 5) is 0. The van der Waals surface area contributed by atoms with Gasteiger partial charge in [0.25, 0.3) is 0 Å². The van der Waals surface area contributed by atoms with Crippen LogP contribution in [0.2, 0.25) is 0 Å². The SMILES string of the molecule is CCNCCc1nnc(-c2coc(C)c2)s1. The van der Waals surface area contributed by atoms with Crippen molar-refractivity contribution in [2.75, 3.05) is 13.1 Å². The Hall–Kier alpha value is -1.20. The zero-order chi connectivity index (χ0) is 11.4. The molecule has 86 valence electrons. The van der Waals surface area contributed by atoms with Gasteiger partial charge in [-0.05, 0) is 19.5 Å². The van der Waals surface area contributed by atoms with Crippen LogP contribution in [0.1, 0.15) is 17.7 Å². The first-order chi connectivity index (χ1) is 7.79. The lowest BCUT2D eigenvalue weighted by molar-refractivity contribution is 0.535. The predicted molar refractivity (Wildman–Crippen MR) is 64.6 cm³/mol. The van der Waals surface area contributed by atoms with Gasteiger partial charge in [-0.15, -0.1) is 10.2 Å². The highest BCUT2D eigenvalue weighted by Gasteiger charge is 2.08. The third kappa shape index (κ3) is 2.68. The van der Waals surface area contributed by atoms with Crippen molar-refractivity contribution in [1.29, 1.82) is 0 Å². The molecule has 0 aliphatic carbocycles. The molecule has 0 aliphatic heterocycles. The van der Waals surface area contributed by atoms with Gasteiger partial charge in [0.15, 0.2) is 5.01 Å². The summed E-state index contributed by atoms with van der Waals surface area (Å²) in [5.74, 6) is 0.902. The maximum atomic E-state index is 5.25. The van der Waals surface area contributed by atoms with E-state index in [1.807, 2.05) is 13.0 Å². The molecule has 16 heavy (non-hydrogen) atoms. The molecular formula is C11H15N3OS. The molecule has 4 nitrogen and oxygen atoms in total. The van der Waals surface area contributed by atoms with Crippen LogP contribution in [0.25, 0.3) is 10.6 Å². The van der Waals surface area contributed by atoms with Gasteiger partial charge in [-0.2, -0.15) is 0 Å². The number of likely N-dealkylation sites (N-methyl/N-ethyl adjacent to an activating group) is 1. The zero-order valence-corrected chi connectivity index (χ0v) is 10.3. The highest BCUT2D eigenvalue weighted by Crippen LogP contribution is 2.25. The molecule has 0 radical (unpaired) electrons. The van der Waals surface area contributed by atoms with Crippen molar-refractivity contribution in [2.24, 2.45) is 0 Å². The molecule has 0 bridgehead atoms. The Balaban J connectivity index is 2.02. The van der Waals surface area contributed by atoms with Crippen LogP contribution >= 0.6 is 11.3 Å². The van der Waals surface area contributed by atoms with Crippen molar-refractivity contribution in [3.63, 3.8) is 0 Å². The van der Waals surface area contributed by atoms with Crippen LogP contribution in [-0.4, -0.2) is 23.3 Å². The van der Waals surface area contributed by atoms with Gasteiger partial charge in [0.2, 0.25) is 0 Å². The van der Waals surface area contributed by atoms with Crippen LogP contribution in [0.4, 0.5) is 0 Å². The Labute approximate surface area is 98.7 Å². The van der Waals surface area contributed by atoms with Gasteiger partial charge in [-0.1, -0.05) is 18.3 Å². The first-order valence-corrected chi connectivity index (χ1v) is 6.20. The van der Waals surface area contributed by atoms with Gasteiger partial charge in [-0.25, -0.2) is 0 Å². The van der Waals surface area contributed by atoms with Gasteiger partial charge in [0.1, 0.15) is 17.0 Å². The lowest BCUT2D eigenvalue weighted by Gasteiger charge is -1.95. The van der Waals surface area contributed by atoms with Crippen LogP contribution in [0.5, 0.6) is 0 Å². The van der Waals surface area contributed by atoms with Gasteiger partial charge in [0, 0.05) is 13.0 Å². The smallest absolute Gasteiger partial charge is 0.151 e. The Morgan fingerprint density at radius 2 is 2.31 bits per heavy atom. The number of nitrogens with zero attached hydrogens (tertiary/aromatic N) is 2. The van der Waals surface area contributed by atoms with Crippen molar-refractivity contribution in [3.05, 3.63) is 23.1 Å². The normalized spacial score (nSPS) is 10.9. The summed E-state index contributed by atoms with van der Waals surface area (Å²) in [5.41, 5.74) is 1.02. The van der Waals surface area contributed by atoms with Gasteiger partial charge in [0.05, 0.1) is 5.56 Å². The predicted octanol–water partition coefficient (Wildman–Crippen LogP) is 2.26. The fourth-order valence-electron chi connectivity index (χ4n) is 1.40. The highest BCUT2D eigenvalue weighted by atomic mass is 32.1. The summed E-state index contributed by atoms with van der Waals surface area (Å²) < 4.78 is 5.25. The van der Waals surface area contributed by atoms with E-state index in [1.165, 1.54) is 0 Å². The molecule has 2 aromatic rings. The molecule has 0 spiro atoms. The quantitative estimate of drug-likeness (QED) is 0.810. The molecule has 2 heterocycles. The van der Waals surface area contributed by atoms with Crippen molar-refractivity contribution in [1.82, 2.24) is 15.5 Å². The fourth-order valence-corrected chi connectivity index (χ4v) is 2.21. The van der Waals surface area contributed by atoms with Crippen molar-refractivity contribution in [2.45, 2.75) is 20.3 Å². The zero-order valence-electron chi connectivity index (χ0n) is 9.49. The average molecular weight is 237 g/mol. The van der Waals surface area contributed by atoms with Crippen LogP contribution in [0.15, 0.2) is 16.7 Å². The number of hydrogen-bond acceptors (Lipinski definition) is 5. The number of furan rings is 1. The lowest BCUT2D eigenvalue weighted by Crippen LogP contribution is -2.15. The maximum absolute atomic E-state index is 5.25. The number of nitrogens with one attached hydrogen (secondary N) is 1. The third-order valence-corrected chi connectivity index (χ3v) is 3.24. The maximum Gasteiger partial charge on any atom is 0.151 e. The van der Waals surface area contributed by atoms with Gasteiger partial charge >= 0.3 is 0 Å². The van der Waals surface area contributed by atoms with Crippen molar-refractivity contribution >= 4 is 11.3 Å². The average Bonchev–Trinajstić information content (AvgIpc) is 2.87. The summed E-state index contributed by atoms with van der Waals surface area (Å²) >= 11 is 1.63. The summed E-state index contributed by atoms with van der Waals surface area (Å²) in [7, 11) is 0. The summed E-state index contributed by atoms with van der Waals surface area (Å²) in [6, 6.07) is 1.98. The minimum Gasteiger partial charge on any atom is -0.469 e. The largest absolute Gasteiger partial charge is 0.469 e.